The molecule has 0 spiro atoms. The molecule has 0 radical (unpaired) electrons. The Labute approximate surface area is 98.4 Å². The van der Waals surface area contributed by atoms with Gasteiger partial charge in [-0.05, 0) is 18.9 Å². The van der Waals surface area contributed by atoms with Gasteiger partial charge in [-0.1, -0.05) is 55.1 Å². The first-order valence-corrected chi connectivity index (χ1v) is 5.50. The Morgan fingerprint density at radius 1 is 1.25 bits per heavy atom. The van der Waals surface area contributed by atoms with Gasteiger partial charge in [0.15, 0.2) is 0 Å². The molecule has 1 aromatic carbocycles. The third-order valence-corrected chi connectivity index (χ3v) is 2.37. The standard InChI is InChI=1S/C15H19N/c1-4-5-6-10-13-16(3)14(2)15-11-8-7-9-12-15/h4-5,7-13H,2,6H2,1,3H3/b5-4-,13-10-. The molecule has 1 heteroatoms. The van der Waals surface area contributed by atoms with Crippen molar-refractivity contribution in [2.24, 2.45) is 0 Å². The Bertz CT molecular complexity index is 374. The molecule has 16 heavy (non-hydrogen) atoms. The molecular formula is C15H19N. The summed E-state index contributed by atoms with van der Waals surface area (Å²) in [5.41, 5.74) is 2.16. The Morgan fingerprint density at radius 3 is 2.56 bits per heavy atom. The van der Waals surface area contributed by atoms with E-state index in [0.717, 1.165) is 17.7 Å². The van der Waals surface area contributed by atoms with E-state index in [-0.39, 0.29) is 0 Å². The third-order valence-electron chi connectivity index (χ3n) is 2.37. The van der Waals surface area contributed by atoms with Gasteiger partial charge in [0.25, 0.3) is 0 Å². The fraction of sp³-hybridized carbons (Fsp3) is 0.200. The van der Waals surface area contributed by atoms with Gasteiger partial charge in [-0.25, -0.2) is 0 Å². The first-order valence-electron chi connectivity index (χ1n) is 5.50. The van der Waals surface area contributed by atoms with Gasteiger partial charge in [0.05, 0.1) is 0 Å². The highest BCUT2D eigenvalue weighted by Gasteiger charge is 1.99. The molecule has 0 saturated carbocycles. The van der Waals surface area contributed by atoms with Crippen LogP contribution in [0, 0.1) is 0 Å². The van der Waals surface area contributed by atoms with Crippen molar-refractivity contribution in [1.29, 1.82) is 0 Å². The number of rotatable bonds is 5. The van der Waals surface area contributed by atoms with Crippen LogP contribution >= 0.6 is 0 Å². The molecule has 0 aliphatic rings. The summed E-state index contributed by atoms with van der Waals surface area (Å²) in [6.45, 7) is 6.11. The summed E-state index contributed by atoms with van der Waals surface area (Å²) >= 11 is 0. The van der Waals surface area contributed by atoms with Crippen LogP contribution in [-0.4, -0.2) is 11.9 Å². The summed E-state index contributed by atoms with van der Waals surface area (Å²) < 4.78 is 0. The topological polar surface area (TPSA) is 3.24 Å². The van der Waals surface area contributed by atoms with E-state index in [1.54, 1.807) is 0 Å². The number of hydrogen-bond acceptors (Lipinski definition) is 1. The Morgan fingerprint density at radius 2 is 1.94 bits per heavy atom. The fourth-order valence-electron chi connectivity index (χ4n) is 1.36. The molecule has 0 unspecified atom stereocenters. The van der Waals surface area contributed by atoms with Crippen molar-refractivity contribution in [3.8, 4) is 0 Å². The lowest BCUT2D eigenvalue weighted by molar-refractivity contribution is 0.654. The van der Waals surface area contributed by atoms with Gasteiger partial charge in [0.1, 0.15) is 0 Å². The zero-order valence-electron chi connectivity index (χ0n) is 10.1. The zero-order chi connectivity index (χ0) is 11.8. The average molecular weight is 213 g/mol. The predicted octanol–water partition coefficient (Wildman–Crippen LogP) is 4.07. The summed E-state index contributed by atoms with van der Waals surface area (Å²) in [5, 5.41) is 0. The van der Waals surface area contributed by atoms with Gasteiger partial charge in [0, 0.05) is 18.9 Å². The average Bonchev–Trinajstić information content (AvgIpc) is 2.34. The molecule has 0 fully saturated rings. The second-order valence-electron chi connectivity index (χ2n) is 3.61. The van der Waals surface area contributed by atoms with Crippen LogP contribution in [0.5, 0.6) is 0 Å². The highest BCUT2D eigenvalue weighted by Crippen LogP contribution is 2.15. The molecule has 0 aliphatic heterocycles. The smallest absolute Gasteiger partial charge is 0.0403 e. The highest BCUT2D eigenvalue weighted by atomic mass is 15.1. The fourth-order valence-corrected chi connectivity index (χ4v) is 1.36. The molecule has 0 heterocycles. The van der Waals surface area contributed by atoms with Crippen molar-refractivity contribution in [3.05, 3.63) is 66.9 Å². The Kier molecular flexibility index (Phi) is 5.13. The van der Waals surface area contributed by atoms with E-state index in [1.807, 2.05) is 37.1 Å². The maximum absolute atomic E-state index is 4.08. The lowest BCUT2D eigenvalue weighted by Gasteiger charge is -2.17. The summed E-state index contributed by atoms with van der Waals surface area (Å²) in [5.74, 6) is 0. The van der Waals surface area contributed by atoms with Crippen molar-refractivity contribution < 1.29 is 0 Å². The van der Waals surface area contributed by atoms with E-state index in [4.69, 9.17) is 0 Å². The van der Waals surface area contributed by atoms with Crippen LogP contribution in [0.25, 0.3) is 5.70 Å². The van der Waals surface area contributed by atoms with Crippen LogP contribution in [0.15, 0.2) is 61.3 Å². The first kappa shape index (κ1) is 12.3. The van der Waals surface area contributed by atoms with Gasteiger partial charge in [0.2, 0.25) is 0 Å². The lowest BCUT2D eigenvalue weighted by Crippen LogP contribution is -2.07. The Balaban J connectivity index is 2.58. The molecule has 0 atom stereocenters. The normalized spacial score (nSPS) is 11.1. The maximum Gasteiger partial charge on any atom is 0.0403 e. The van der Waals surface area contributed by atoms with E-state index < -0.39 is 0 Å². The van der Waals surface area contributed by atoms with Gasteiger partial charge in [-0.3, -0.25) is 0 Å². The minimum atomic E-state index is 0.961. The molecule has 0 saturated heterocycles. The van der Waals surface area contributed by atoms with Crippen molar-refractivity contribution in [2.45, 2.75) is 13.3 Å². The summed E-state index contributed by atoms with van der Waals surface area (Å²) in [4.78, 5) is 2.04. The van der Waals surface area contributed by atoms with Crippen molar-refractivity contribution in [2.75, 3.05) is 7.05 Å². The largest absolute Gasteiger partial charge is 0.351 e. The molecular weight excluding hydrogens is 194 g/mol. The van der Waals surface area contributed by atoms with Gasteiger partial charge < -0.3 is 4.90 Å². The minimum absolute atomic E-state index is 0.961. The van der Waals surface area contributed by atoms with Crippen molar-refractivity contribution in [1.82, 2.24) is 4.90 Å². The third kappa shape index (κ3) is 3.77. The van der Waals surface area contributed by atoms with Crippen LogP contribution in [0.3, 0.4) is 0 Å². The number of allylic oxidation sites excluding steroid dienone is 3. The van der Waals surface area contributed by atoms with Crippen LogP contribution in [0.4, 0.5) is 0 Å². The van der Waals surface area contributed by atoms with Crippen LogP contribution < -0.4 is 0 Å². The molecule has 0 aliphatic carbocycles. The number of nitrogens with zero attached hydrogens (tertiary/aromatic N) is 1. The van der Waals surface area contributed by atoms with E-state index in [9.17, 15) is 0 Å². The van der Waals surface area contributed by atoms with E-state index >= 15 is 0 Å². The first-order chi connectivity index (χ1) is 7.75. The summed E-state index contributed by atoms with van der Waals surface area (Å²) in [6, 6.07) is 10.2. The SMILES string of the molecule is C=C(c1ccccc1)N(C)/C=C\C/C=C\C. The van der Waals surface area contributed by atoms with Crippen LogP contribution in [-0.2, 0) is 0 Å². The molecule has 0 N–H and O–H groups in total. The van der Waals surface area contributed by atoms with Crippen molar-refractivity contribution in [3.63, 3.8) is 0 Å². The molecule has 84 valence electrons. The quantitative estimate of drug-likeness (QED) is 0.666. The van der Waals surface area contributed by atoms with Crippen molar-refractivity contribution >= 4 is 5.70 Å². The second kappa shape index (κ2) is 6.67. The summed E-state index contributed by atoms with van der Waals surface area (Å²) in [6.07, 6.45) is 9.30. The predicted molar refractivity (Wildman–Crippen MR) is 71.8 cm³/mol. The summed E-state index contributed by atoms with van der Waals surface area (Å²) in [7, 11) is 2.02. The van der Waals surface area contributed by atoms with Gasteiger partial charge >= 0.3 is 0 Å². The minimum Gasteiger partial charge on any atom is -0.351 e. The van der Waals surface area contributed by atoms with E-state index in [0.29, 0.717) is 0 Å². The maximum atomic E-state index is 4.08. The lowest BCUT2D eigenvalue weighted by atomic mass is 10.1. The Hall–Kier alpha value is -1.76. The van der Waals surface area contributed by atoms with Crippen LogP contribution in [0.1, 0.15) is 18.9 Å². The number of hydrogen-bond donors (Lipinski definition) is 0. The van der Waals surface area contributed by atoms with Gasteiger partial charge in [-0.15, -0.1) is 0 Å². The van der Waals surface area contributed by atoms with Gasteiger partial charge in [-0.2, -0.15) is 0 Å². The van der Waals surface area contributed by atoms with E-state index in [1.165, 1.54) is 0 Å². The molecule has 1 rings (SSSR count). The second-order valence-corrected chi connectivity index (χ2v) is 3.61. The highest BCUT2D eigenvalue weighted by molar-refractivity contribution is 5.62. The molecule has 0 bridgehead atoms. The zero-order valence-corrected chi connectivity index (χ0v) is 10.1. The molecule has 0 aromatic heterocycles. The van der Waals surface area contributed by atoms with E-state index in [2.05, 4.69) is 43.1 Å². The molecule has 1 nitrogen and oxygen atoms in total. The monoisotopic (exact) mass is 213 g/mol. The molecule has 0 amide bonds. The number of benzene rings is 1. The molecule has 1 aromatic rings. The van der Waals surface area contributed by atoms with Crippen LogP contribution in [0.2, 0.25) is 0 Å².